The summed E-state index contributed by atoms with van der Waals surface area (Å²) >= 11 is 6.75. The monoisotopic (exact) mass is 491 g/mol. The highest BCUT2D eigenvalue weighted by Gasteiger charge is 2.36. The lowest BCUT2D eigenvalue weighted by Gasteiger charge is -2.24. The summed E-state index contributed by atoms with van der Waals surface area (Å²) < 4.78 is 22.6. The van der Waals surface area contributed by atoms with Crippen molar-refractivity contribution >= 4 is 34.3 Å². The maximum atomic E-state index is 15.4. The molecule has 5 rings (SSSR count). The number of aromatic nitrogens is 2. The average molecular weight is 492 g/mol. The van der Waals surface area contributed by atoms with Gasteiger partial charge in [0.15, 0.2) is 0 Å². The smallest absolute Gasteiger partial charge is 0.427 e. The molecule has 3 aliphatic rings. The molecule has 1 saturated heterocycles. The van der Waals surface area contributed by atoms with E-state index in [-0.39, 0.29) is 33.6 Å². The molecule has 2 aliphatic heterocycles. The van der Waals surface area contributed by atoms with Crippen LogP contribution in [0.15, 0.2) is 27.4 Å². The number of fused-ring (bicyclic) bond motifs is 2. The highest BCUT2D eigenvalue weighted by Crippen LogP contribution is 2.43. The van der Waals surface area contributed by atoms with Crippen molar-refractivity contribution in [1.82, 2.24) is 14.1 Å². The lowest BCUT2D eigenvalue weighted by molar-refractivity contribution is 0.0610. The molecule has 11 heteroatoms. The first-order valence-corrected chi connectivity index (χ1v) is 11.7. The Morgan fingerprint density at radius 1 is 1.24 bits per heavy atom. The number of amides is 1. The van der Waals surface area contributed by atoms with Crippen LogP contribution < -0.4 is 21.6 Å². The van der Waals surface area contributed by atoms with Crippen molar-refractivity contribution in [3.63, 3.8) is 0 Å². The Bertz CT molecular complexity index is 1350. The molecule has 1 amide bonds. The van der Waals surface area contributed by atoms with E-state index < -0.39 is 28.8 Å². The maximum Gasteiger partial charge on any atom is 0.427 e. The number of nitrogens with zero attached hydrogens (tertiary/aromatic N) is 4. The van der Waals surface area contributed by atoms with E-state index in [0.717, 1.165) is 12.6 Å². The summed E-state index contributed by atoms with van der Waals surface area (Å²) in [6, 6.07) is 0.923. The molecule has 1 atom stereocenters. The fourth-order valence-electron chi connectivity index (χ4n) is 4.83. The van der Waals surface area contributed by atoms with Gasteiger partial charge in [-0.3, -0.25) is 9.36 Å². The van der Waals surface area contributed by atoms with Gasteiger partial charge in [-0.15, -0.1) is 0 Å². The number of anilines is 1. The van der Waals surface area contributed by atoms with Crippen LogP contribution >= 0.6 is 11.6 Å². The number of carbonyl (C=O) groups is 1. The normalized spacial score (nSPS) is 20.1. The largest absolute Gasteiger partial charge is 0.443 e. The summed E-state index contributed by atoms with van der Waals surface area (Å²) in [4.78, 5) is 42.8. The number of carbonyl (C=O) groups excluding carboxylic acids is 1. The number of hydrogen-bond acceptors (Lipinski definition) is 6. The molecule has 34 heavy (non-hydrogen) atoms. The summed E-state index contributed by atoms with van der Waals surface area (Å²) in [6.45, 7) is 6.97. The van der Waals surface area contributed by atoms with E-state index in [1.54, 1.807) is 20.8 Å². The van der Waals surface area contributed by atoms with E-state index in [2.05, 4.69) is 16.5 Å². The molecule has 9 nitrogen and oxygen atoms in total. The van der Waals surface area contributed by atoms with Gasteiger partial charge >= 0.3 is 11.8 Å². The molecule has 1 N–H and O–H groups in total. The van der Waals surface area contributed by atoms with E-state index in [1.165, 1.54) is 10.1 Å². The fourth-order valence-corrected chi connectivity index (χ4v) is 5.24. The van der Waals surface area contributed by atoms with Crippen LogP contribution in [0.4, 0.5) is 14.9 Å². The Kier molecular flexibility index (Phi) is 5.20. The van der Waals surface area contributed by atoms with Crippen molar-refractivity contribution in [1.29, 1.82) is 0 Å². The Morgan fingerprint density at radius 3 is 2.56 bits per heavy atom. The molecular formula is C23H27ClFN5O4. The van der Waals surface area contributed by atoms with Crippen molar-refractivity contribution < 1.29 is 13.9 Å². The highest BCUT2D eigenvalue weighted by atomic mass is 35.5. The number of nitrogens with one attached hydrogen (secondary N) is 1. The Labute approximate surface area is 200 Å². The van der Waals surface area contributed by atoms with Crippen molar-refractivity contribution in [3.8, 4) is 0 Å². The average Bonchev–Trinajstić information content (AvgIpc) is 3.38. The Morgan fingerprint density at radius 2 is 1.94 bits per heavy atom. The van der Waals surface area contributed by atoms with E-state index in [1.807, 2.05) is 11.9 Å². The van der Waals surface area contributed by atoms with Crippen molar-refractivity contribution in [2.24, 2.45) is 5.92 Å². The van der Waals surface area contributed by atoms with Crippen LogP contribution in [0, 0.1) is 11.7 Å². The third-order valence-corrected chi connectivity index (χ3v) is 6.66. The third-order valence-electron chi connectivity index (χ3n) is 6.30. The zero-order valence-electron chi connectivity index (χ0n) is 19.5. The van der Waals surface area contributed by atoms with E-state index in [4.69, 9.17) is 16.3 Å². The van der Waals surface area contributed by atoms with Gasteiger partial charge in [-0.05, 0) is 45.3 Å². The summed E-state index contributed by atoms with van der Waals surface area (Å²) in [7, 11) is 2.00. The standard InChI is InChI=1S/C23H27ClFN5O4/c1-23(2,3)34-21(32)26-30-20(31)15-7-16(25)19(28-10-12-8-27(4)9-13(12)11-28)17(24)18(15)29(22(30)33)14-5-6-14/h7-8,13-14H,5-6,9-11H2,1-4H3,(H,26,32). The van der Waals surface area contributed by atoms with Gasteiger partial charge in [0.1, 0.15) is 11.4 Å². The van der Waals surface area contributed by atoms with Crippen LogP contribution in [0.3, 0.4) is 0 Å². The van der Waals surface area contributed by atoms with Gasteiger partial charge in [0.2, 0.25) is 0 Å². The SMILES string of the molecule is CN1C=C2CN(c3c(F)cc4c(=O)n(NC(=O)OC(C)(C)C)c(=O)n(C5CC5)c4c3Cl)CC2C1. The van der Waals surface area contributed by atoms with Gasteiger partial charge in [-0.25, -0.2) is 19.4 Å². The summed E-state index contributed by atoms with van der Waals surface area (Å²) in [5.41, 5.74) is 1.37. The number of halogens is 2. The number of ether oxygens (including phenoxy) is 1. The number of benzene rings is 1. The molecule has 1 saturated carbocycles. The van der Waals surface area contributed by atoms with Crippen molar-refractivity contribution in [3.05, 3.63) is 49.5 Å². The maximum absolute atomic E-state index is 15.4. The van der Waals surface area contributed by atoms with Crippen molar-refractivity contribution in [2.45, 2.75) is 45.3 Å². The second-order valence-corrected chi connectivity index (χ2v) is 10.7. The first-order valence-electron chi connectivity index (χ1n) is 11.3. The quantitative estimate of drug-likeness (QED) is 0.710. The van der Waals surface area contributed by atoms with Gasteiger partial charge in [-0.2, -0.15) is 4.68 Å². The Balaban J connectivity index is 1.64. The highest BCUT2D eigenvalue weighted by molar-refractivity contribution is 6.38. The lowest BCUT2D eigenvalue weighted by atomic mass is 10.1. The minimum atomic E-state index is -0.960. The molecule has 182 valence electrons. The van der Waals surface area contributed by atoms with Crippen LogP contribution in [0.1, 0.15) is 39.7 Å². The molecule has 1 aromatic heterocycles. The van der Waals surface area contributed by atoms with Crippen molar-refractivity contribution in [2.75, 3.05) is 37.0 Å². The molecule has 0 radical (unpaired) electrons. The number of hydrogen-bond donors (Lipinski definition) is 1. The first-order chi connectivity index (χ1) is 15.9. The fraction of sp³-hybridized carbons (Fsp3) is 0.522. The molecule has 1 aromatic carbocycles. The van der Waals surface area contributed by atoms with Gasteiger partial charge in [0.05, 0.1) is 21.6 Å². The van der Waals surface area contributed by atoms with Crippen LogP contribution in [0.25, 0.3) is 10.9 Å². The van der Waals surface area contributed by atoms with Crippen LogP contribution in [0.5, 0.6) is 0 Å². The van der Waals surface area contributed by atoms with E-state index >= 15 is 4.39 Å². The summed E-state index contributed by atoms with van der Waals surface area (Å²) in [5.74, 6) is -0.360. The van der Waals surface area contributed by atoms with Gasteiger partial charge in [0.25, 0.3) is 5.56 Å². The number of rotatable bonds is 3. The topological polar surface area (TPSA) is 88.8 Å². The molecule has 3 heterocycles. The molecule has 2 aromatic rings. The zero-order valence-corrected chi connectivity index (χ0v) is 20.3. The second-order valence-electron chi connectivity index (χ2n) is 10.3. The van der Waals surface area contributed by atoms with Crippen LogP contribution in [-0.4, -0.2) is 52.5 Å². The minimum Gasteiger partial charge on any atom is -0.443 e. The molecule has 0 bridgehead atoms. The summed E-state index contributed by atoms with van der Waals surface area (Å²) in [6.07, 6.45) is 2.54. The summed E-state index contributed by atoms with van der Waals surface area (Å²) in [5, 5.41) is -0.0402. The lowest BCUT2D eigenvalue weighted by Crippen LogP contribution is -2.48. The minimum absolute atomic E-state index is 0.0365. The van der Waals surface area contributed by atoms with Crippen LogP contribution in [-0.2, 0) is 4.74 Å². The zero-order chi connectivity index (χ0) is 24.5. The van der Waals surface area contributed by atoms with Crippen LogP contribution in [0.2, 0.25) is 5.02 Å². The molecule has 2 fully saturated rings. The predicted molar refractivity (Wildman–Crippen MR) is 128 cm³/mol. The van der Waals surface area contributed by atoms with Gasteiger partial charge in [0, 0.05) is 44.8 Å². The second kappa shape index (κ2) is 7.76. The first kappa shape index (κ1) is 22.8. The van der Waals surface area contributed by atoms with E-state index in [0.29, 0.717) is 30.6 Å². The molecule has 1 aliphatic carbocycles. The van der Waals surface area contributed by atoms with Gasteiger partial charge in [-0.1, -0.05) is 11.6 Å². The molecule has 0 spiro atoms. The van der Waals surface area contributed by atoms with E-state index in [9.17, 15) is 14.4 Å². The Hall–Kier alpha value is -3.01. The van der Waals surface area contributed by atoms with Gasteiger partial charge < -0.3 is 14.5 Å². The third kappa shape index (κ3) is 3.83. The molecule has 1 unspecified atom stereocenters. The molecular weight excluding hydrogens is 465 g/mol. The predicted octanol–water partition coefficient (Wildman–Crippen LogP) is 3.03.